The van der Waals surface area contributed by atoms with E-state index in [1.165, 1.54) is 25.8 Å². The van der Waals surface area contributed by atoms with Crippen LogP contribution in [0.4, 0.5) is 0 Å². The molecule has 1 aromatic rings. The third-order valence-electron chi connectivity index (χ3n) is 4.99. The van der Waals surface area contributed by atoms with E-state index in [9.17, 15) is 0 Å². The molecule has 1 saturated carbocycles. The molecule has 2 fully saturated rings. The van der Waals surface area contributed by atoms with Gasteiger partial charge in [0.2, 0.25) is 0 Å². The molecular formula is C17H24N2O. The van der Waals surface area contributed by atoms with Crippen LogP contribution in [0.2, 0.25) is 0 Å². The Labute approximate surface area is 121 Å². The van der Waals surface area contributed by atoms with Crippen molar-refractivity contribution in [2.75, 3.05) is 32.8 Å². The lowest BCUT2D eigenvalue weighted by Gasteiger charge is -2.41. The van der Waals surface area contributed by atoms with Crippen LogP contribution in [0.3, 0.4) is 0 Å². The Morgan fingerprint density at radius 2 is 2.15 bits per heavy atom. The van der Waals surface area contributed by atoms with E-state index in [1.807, 2.05) is 0 Å². The number of morpholine rings is 1. The quantitative estimate of drug-likeness (QED) is 0.884. The smallest absolute Gasteiger partial charge is 0.0634 e. The first kappa shape index (κ1) is 12.8. The Kier molecular flexibility index (Phi) is 3.51. The number of rotatable bonds is 5. The Hall–Kier alpha value is -0.900. The molecule has 0 spiro atoms. The molecule has 2 unspecified atom stereocenters. The van der Waals surface area contributed by atoms with Crippen LogP contribution < -0.4 is 5.32 Å². The van der Waals surface area contributed by atoms with Crippen molar-refractivity contribution in [1.82, 2.24) is 10.2 Å². The van der Waals surface area contributed by atoms with Gasteiger partial charge in [-0.25, -0.2) is 0 Å². The normalized spacial score (nSPS) is 29.8. The maximum Gasteiger partial charge on any atom is 0.0634 e. The van der Waals surface area contributed by atoms with Crippen molar-refractivity contribution < 1.29 is 4.74 Å². The Morgan fingerprint density at radius 1 is 1.25 bits per heavy atom. The summed E-state index contributed by atoms with van der Waals surface area (Å²) in [6.07, 6.45) is 3.99. The van der Waals surface area contributed by atoms with Crippen LogP contribution in [0.5, 0.6) is 0 Å². The molecule has 0 amide bonds. The fourth-order valence-electron chi connectivity index (χ4n) is 3.52. The zero-order valence-electron chi connectivity index (χ0n) is 12.1. The van der Waals surface area contributed by atoms with Crippen LogP contribution in [0.1, 0.15) is 29.9 Å². The summed E-state index contributed by atoms with van der Waals surface area (Å²) in [6, 6.07) is 10.3. The molecule has 2 atom stereocenters. The fourth-order valence-corrected chi connectivity index (χ4v) is 3.52. The van der Waals surface area contributed by atoms with Gasteiger partial charge in [-0.15, -0.1) is 0 Å². The van der Waals surface area contributed by atoms with Gasteiger partial charge >= 0.3 is 0 Å². The minimum absolute atomic E-state index is 0.567. The molecule has 3 nitrogen and oxygen atoms in total. The van der Waals surface area contributed by atoms with E-state index in [-0.39, 0.29) is 0 Å². The molecule has 0 aromatic heterocycles. The van der Waals surface area contributed by atoms with E-state index in [4.69, 9.17) is 4.74 Å². The summed E-state index contributed by atoms with van der Waals surface area (Å²) in [4.78, 5) is 2.65. The van der Waals surface area contributed by atoms with Crippen LogP contribution in [-0.4, -0.2) is 49.8 Å². The van der Waals surface area contributed by atoms with Gasteiger partial charge in [0.1, 0.15) is 0 Å². The molecule has 1 N–H and O–H groups in total. The van der Waals surface area contributed by atoms with Crippen LogP contribution in [0.15, 0.2) is 24.3 Å². The van der Waals surface area contributed by atoms with E-state index in [2.05, 4.69) is 34.5 Å². The molecule has 20 heavy (non-hydrogen) atoms. The second-order valence-corrected chi connectivity index (χ2v) is 6.51. The minimum atomic E-state index is 0.567. The zero-order valence-corrected chi connectivity index (χ0v) is 12.1. The summed E-state index contributed by atoms with van der Waals surface area (Å²) in [5, 5.41) is 3.66. The average molecular weight is 272 g/mol. The SMILES string of the molecule is c1ccc2c(c1)CC2CN1CCOCC1CNC1CC1. The van der Waals surface area contributed by atoms with E-state index in [1.54, 1.807) is 11.1 Å². The third-order valence-corrected chi connectivity index (χ3v) is 4.99. The maximum absolute atomic E-state index is 5.69. The number of hydrogen-bond donors (Lipinski definition) is 1. The van der Waals surface area contributed by atoms with Gasteiger partial charge in [0.05, 0.1) is 13.2 Å². The highest BCUT2D eigenvalue weighted by molar-refractivity contribution is 5.40. The average Bonchev–Trinajstić information content (AvgIpc) is 3.28. The van der Waals surface area contributed by atoms with Crippen LogP contribution in [-0.2, 0) is 11.2 Å². The van der Waals surface area contributed by atoms with Gasteiger partial charge in [0, 0.05) is 37.6 Å². The third kappa shape index (κ3) is 2.62. The summed E-state index contributed by atoms with van der Waals surface area (Å²) in [5.74, 6) is 0.743. The van der Waals surface area contributed by atoms with Gasteiger partial charge in [-0.3, -0.25) is 4.90 Å². The summed E-state index contributed by atoms with van der Waals surface area (Å²) in [7, 11) is 0. The molecule has 3 aliphatic rings. The first-order valence-electron chi connectivity index (χ1n) is 8.03. The second kappa shape index (κ2) is 5.47. The van der Waals surface area contributed by atoms with Gasteiger partial charge < -0.3 is 10.1 Å². The lowest BCUT2D eigenvalue weighted by molar-refractivity contribution is -0.0105. The largest absolute Gasteiger partial charge is 0.378 e. The summed E-state index contributed by atoms with van der Waals surface area (Å²) >= 11 is 0. The first-order valence-corrected chi connectivity index (χ1v) is 8.03. The predicted octanol–water partition coefficient (Wildman–Crippen LogP) is 1.78. The van der Waals surface area contributed by atoms with Crippen molar-refractivity contribution in [2.24, 2.45) is 0 Å². The number of hydrogen-bond acceptors (Lipinski definition) is 3. The van der Waals surface area contributed by atoms with E-state index in [0.717, 1.165) is 38.3 Å². The molecule has 108 valence electrons. The van der Waals surface area contributed by atoms with Crippen molar-refractivity contribution in [3.05, 3.63) is 35.4 Å². The second-order valence-electron chi connectivity index (χ2n) is 6.51. The zero-order chi connectivity index (χ0) is 13.4. The van der Waals surface area contributed by atoms with Crippen molar-refractivity contribution >= 4 is 0 Å². The Morgan fingerprint density at radius 3 is 3.00 bits per heavy atom. The lowest BCUT2D eigenvalue weighted by Crippen LogP contribution is -2.52. The highest BCUT2D eigenvalue weighted by Gasteiger charge is 2.32. The molecular weight excluding hydrogens is 248 g/mol. The van der Waals surface area contributed by atoms with Crippen molar-refractivity contribution in [3.63, 3.8) is 0 Å². The number of fused-ring (bicyclic) bond motifs is 1. The van der Waals surface area contributed by atoms with Gasteiger partial charge in [0.15, 0.2) is 0 Å². The molecule has 1 aliphatic heterocycles. The van der Waals surface area contributed by atoms with Crippen LogP contribution >= 0.6 is 0 Å². The molecule has 4 rings (SSSR count). The maximum atomic E-state index is 5.69. The molecule has 0 radical (unpaired) electrons. The minimum Gasteiger partial charge on any atom is -0.378 e. The highest BCUT2D eigenvalue weighted by atomic mass is 16.5. The van der Waals surface area contributed by atoms with Crippen molar-refractivity contribution in [2.45, 2.75) is 37.3 Å². The predicted molar refractivity (Wildman–Crippen MR) is 80.1 cm³/mol. The van der Waals surface area contributed by atoms with Gasteiger partial charge in [-0.1, -0.05) is 24.3 Å². The number of nitrogens with one attached hydrogen (secondary N) is 1. The Balaban J connectivity index is 1.36. The van der Waals surface area contributed by atoms with E-state index in [0.29, 0.717) is 6.04 Å². The monoisotopic (exact) mass is 272 g/mol. The first-order chi connectivity index (χ1) is 9.90. The van der Waals surface area contributed by atoms with E-state index < -0.39 is 0 Å². The summed E-state index contributed by atoms with van der Waals surface area (Å²) in [6.45, 7) is 5.19. The topological polar surface area (TPSA) is 24.5 Å². The molecule has 1 heterocycles. The van der Waals surface area contributed by atoms with E-state index >= 15 is 0 Å². The van der Waals surface area contributed by atoms with Crippen molar-refractivity contribution in [3.8, 4) is 0 Å². The van der Waals surface area contributed by atoms with Crippen LogP contribution in [0, 0.1) is 0 Å². The molecule has 0 bridgehead atoms. The number of ether oxygens (including phenoxy) is 1. The summed E-state index contributed by atoms with van der Waals surface area (Å²) in [5.41, 5.74) is 3.13. The molecule has 2 aliphatic carbocycles. The highest BCUT2D eigenvalue weighted by Crippen LogP contribution is 2.35. The van der Waals surface area contributed by atoms with Gasteiger partial charge in [-0.2, -0.15) is 0 Å². The Bertz CT molecular complexity index is 472. The van der Waals surface area contributed by atoms with Gasteiger partial charge in [-0.05, 0) is 30.4 Å². The molecule has 1 aromatic carbocycles. The van der Waals surface area contributed by atoms with Crippen molar-refractivity contribution in [1.29, 1.82) is 0 Å². The lowest BCUT2D eigenvalue weighted by atomic mass is 9.77. The molecule has 3 heteroatoms. The van der Waals surface area contributed by atoms with Crippen LogP contribution in [0.25, 0.3) is 0 Å². The number of benzene rings is 1. The molecule has 1 saturated heterocycles. The fraction of sp³-hybridized carbons (Fsp3) is 0.647. The number of nitrogens with zero attached hydrogens (tertiary/aromatic N) is 1. The standard InChI is InChI=1S/C17H24N2O/c1-2-4-17-13(3-1)9-14(17)11-19-7-8-20-12-16(19)10-18-15-5-6-15/h1-4,14-16,18H,5-12H2. The summed E-state index contributed by atoms with van der Waals surface area (Å²) < 4.78 is 5.69. The van der Waals surface area contributed by atoms with Gasteiger partial charge in [0.25, 0.3) is 0 Å².